The van der Waals surface area contributed by atoms with E-state index >= 15 is 0 Å². The predicted molar refractivity (Wildman–Crippen MR) is 126 cm³/mol. The highest BCUT2D eigenvalue weighted by molar-refractivity contribution is 6.33. The number of anilines is 2. The van der Waals surface area contributed by atoms with Crippen molar-refractivity contribution in [2.45, 2.75) is 0 Å². The fourth-order valence-corrected chi connectivity index (χ4v) is 3.87. The zero-order valence-corrected chi connectivity index (χ0v) is 18.1. The highest BCUT2D eigenvalue weighted by atomic mass is 35.5. The van der Waals surface area contributed by atoms with Crippen molar-refractivity contribution < 1.29 is 4.79 Å². The molecule has 1 amide bonds. The van der Waals surface area contributed by atoms with Gasteiger partial charge >= 0.3 is 0 Å². The number of benzene rings is 3. The van der Waals surface area contributed by atoms with Crippen LogP contribution in [0.4, 0.5) is 11.4 Å². The summed E-state index contributed by atoms with van der Waals surface area (Å²) in [5.41, 5.74) is 4.86. The zero-order chi connectivity index (χ0) is 21.8. The second-order valence-electron chi connectivity index (χ2n) is 7.68. The van der Waals surface area contributed by atoms with E-state index < -0.39 is 0 Å². The van der Waals surface area contributed by atoms with Crippen molar-refractivity contribution in [2.24, 2.45) is 0 Å². The molecule has 156 valence electrons. The van der Waals surface area contributed by atoms with Gasteiger partial charge in [0.1, 0.15) is 0 Å². The van der Waals surface area contributed by atoms with Crippen LogP contribution in [0.15, 0.2) is 66.7 Å². The smallest absolute Gasteiger partial charge is 0.255 e. The van der Waals surface area contributed by atoms with Gasteiger partial charge in [-0.15, -0.1) is 0 Å². The summed E-state index contributed by atoms with van der Waals surface area (Å²) in [6.45, 7) is 3.78. The number of nitrogens with one attached hydrogen (secondary N) is 1. The summed E-state index contributed by atoms with van der Waals surface area (Å²) in [5.74, 6) is -0.168. The van der Waals surface area contributed by atoms with Crippen molar-refractivity contribution in [3.05, 3.63) is 82.9 Å². The molecule has 0 spiro atoms. The average Bonchev–Trinajstić information content (AvgIpc) is 2.81. The first-order valence-corrected chi connectivity index (χ1v) is 10.6. The summed E-state index contributed by atoms with van der Waals surface area (Å²) in [7, 11) is 2.11. The number of nitrogens with zero attached hydrogens (tertiary/aromatic N) is 3. The first-order chi connectivity index (χ1) is 15.0. The first-order valence-electron chi connectivity index (χ1n) is 10.2. The standard InChI is InChI=1S/C25H23ClN4O/c1-29-12-14-30(15-13-29)24-16-22(10-11-23(24)26)28-25(31)21-8-6-20(7-9-21)19-4-2-18(17-27)3-5-19/h2-11,16H,12-15H2,1H3,(H,28,31). The zero-order valence-electron chi connectivity index (χ0n) is 17.3. The lowest BCUT2D eigenvalue weighted by Gasteiger charge is -2.34. The Kier molecular flexibility index (Phi) is 6.22. The molecule has 1 aliphatic rings. The number of halogens is 1. The van der Waals surface area contributed by atoms with Gasteiger partial charge in [-0.05, 0) is 60.6 Å². The summed E-state index contributed by atoms with van der Waals surface area (Å²) in [5, 5.41) is 12.6. The van der Waals surface area contributed by atoms with Gasteiger partial charge in [-0.25, -0.2) is 0 Å². The lowest BCUT2D eigenvalue weighted by atomic mass is 10.0. The van der Waals surface area contributed by atoms with E-state index in [1.807, 2.05) is 42.5 Å². The Balaban J connectivity index is 1.46. The Morgan fingerprint density at radius 1 is 0.935 bits per heavy atom. The molecule has 0 bridgehead atoms. The number of hydrogen-bond acceptors (Lipinski definition) is 4. The van der Waals surface area contributed by atoms with Gasteiger partial charge in [0, 0.05) is 37.4 Å². The van der Waals surface area contributed by atoms with Crippen molar-refractivity contribution in [1.29, 1.82) is 5.26 Å². The van der Waals surface area contributed by atoms with Crippen LogP contribution in [0.1, 0.15) is 15.9 Å². The van der Waals surface area contributed by atoms with Crippen LogP contribution >= 0.6 is 11.6 Å². The minimum atomic E-state index is -0.168. The molecule has 1 fully saturated rings. The van der Waals surface area contributed by atoms with Crippen LogP contribution in [0, 0.1) is 11.3 Å². The molecule has 1 N–H and O–H groups in total. The lowest BCUT2D eigenvalue weighted by molar-refractivity contribution is 0.102. The first kappa shape index (κ1) is 20.9. The Labute approximate surface area is 187 Å². The SMILES string of the molecule is CN1CCN(c2cc(NC(=O)c3ccc(-c4ccc(C#N)cc4)cc3)ccc2Cl)CC1. The molecular formula is C25H23ClN4O. The predicted octanol–water partition coefficient (Wildman–Crippen LogP) is 4.88. The van der Waals surface area contributed by atoms with Crippen LogP contribution in [0.3, 0.4) is 0 Å². The van der Waals surface area contributed by atoms with Crippen molar-refractivity contribution in [2.75, 3.05) is 43.4 Å². The number of nitriles is 1. The van der Waals surface area contributed by atoms with Gasteiger partial charge < -0.3 is 15.1 Å². The molecule has 3 aromatic rings. The van der Waals surface area contributed by atoms with E-state index in [9.17, 15) is 4.79 Å². The Morgan fingerprint density at radius 3 is 2.16 bits per heavy atom. The second-order valence-corrected chi connectivity index (χ2v) is 8.08. The summed E-state index contributed by atoms with van der Waals surface area (Å²) >= 11 is 6.43. The minimum absolute atomic E-state index is 0.168. The number of carbonyl (C=O) groups excluding carboxylic acids is 1. The summed E-state index contributed by atoms with van der Waals surface area (Å²) in [6, 6.07) is 22.5. The van der Waals surface area contributed by atoms with E-state index in [1.54, 1.807) is 24.3 Å². The molecule has 4 rings (SSSR count). The molecule has 0 aromatic heterocycles. The summed E-state index contributed by atoms with van der Waals surface area (Å²) in [6.07, 6.45) is 0. The topological polar surface area (TPSA) is 59.4 Å². The van der Waals surface area contributed by atoms with Crippen LogP contribution in [-0.4, -0.2) is 44.0 Å². The monoisotopic (exact) mass is 430 g/mol. The van der Waals surface area contributed by atoms with E-state index in [2.05, 4.69) is 28.2 Å². The van der Waals surface area contributed by atoms with Crippen molar-refractivity contribution in [1.82, 2.24) is 4.90 Å². The van der Waals surface area contributed by atoms with Gasteiger partial charge in [0.05, 0.1) is 22.3 Å². The summed E-state index contributed by atoms with van der Waals surface area (Å²) in [4.78, 5) is 17.3. The van der Waals surface area contributed by atoms with E-state index in [4.69, 9.17) is 16.9 Å². The molecule has 1 aliphatic heterocycles. The number of piperazine rings is 1. The molecule has 1 heterocycles. The third kappa shape index (κ3) is 4.88. The highest BCUT2D eigenvalue weighted by Gasteiger charge is 2.17. The number of carbonyl (C=O) groups is 1. The van der Waals surface area contributed by atoms with Gasteiger partial charge in [0.25, 0.3) is 5.91 Å². The molecule has 3 aromatic carbocycles. The van der Waals surface area contributed by atoms with Gasteiger partial charge in [-0.2, -0.15) is 5.26 Å². The maximum Gasteiger partial charge on any atom is 0.255 e. The van der Waals surface area contributed by atoms with E-state index in [0.717, 1.165) is 48.7 Å². The van der Waals surface area contributed by atoms with Crippen LogP contribution in [0.2, 0.25) is 5.02 Å². The fraction of sp³-hybridized carbons (Fsp3) is 0.200. The van der Waals surface area contributed by atoms with Crippen LogP contribution < -0.4 is 10.2 Å². The second kappa shape index (κ2) is 9.22. The number of rotatable bonds is 4. The van der Waals surface area contributed by atoms with Crippen molar-refractivity contribution in [3.63, 3.8) is 0 Å². The minimum Gasteiger partial charge on any atom is -0.368 e. The Hall–Kier alpha value is -3.33. The quantitative estimate of drug-likeness (QED) is 0.640. The molecular weight excluding hydrogens is 408 g/mol. The Bertz CT molecular complexity index is 1110. The summed E-state index contributed by atoms with van der Waals surface area (Å²) < 4.78 is 0. The fourth-order valence-electron chi connectivity index (χ4n) is 3.63. The molecule has 0 aliphatic carbocycles. The van der Waals surface area contributed by atoms with Gasteiger partial charge in [-0.3, -0.25) is 4.79 Å². The molecule has 1 saturated heterocycles. The van der Waals surface area contributed by atoms with Gasteiger partial charge in [0.2, 0.25) is 0 Å². The molecule has 0 saturated carbocycles. The Morgan fingerprint density at radius 2 is 1.55 bits per heavy atom. The van der Waals surface area contributed by atoms with Crippen molar-refractivity contribution >= 4 is 28.9 Å². The van der Waals surface area contributed by atoms with Gasteiger partial charge in [0.15, 0.2) is 0 Å². The van der Waals surface area contributed by atoms with E-state index in [1.165, 1.54) is 0 Å². The average molecular weight is 431 g/mol. The highest BCUT2D eigenvalue weighted by Crippen LogP contribution is 2.30. The lowest BCUT2D eigenvalue weighted by Crippen LogP contribution is -2.44. The number of hydrogen-bond donors (Lipinski definition) is 1. The maximum absolute atomic E-state index is 12.8. The van der Waals surface area contributed by atoms with E-state index in [0.29, 0.717) is 16.1 Å². The van der Waals surface area contributed by atoms with Crippen LogP contribution in [0.25, 0.3) is 11.1 Å². The number of likely N-dealkylation sites (N-methyl/N-ethyl adjacent to an activating group) is 1. The number of amides is 1. The molecule has 31 heavy (non-hydrogen) atoms. The van der Waals surface area contributed by atoms with E-state index in [-0.39, 0.29) is 5.91 Å². The third-order valence-corrected chi connectivity index (χ3v) is 5.86. The van der Waals surface area contributed by atoms with Crippen LogP contribution in [0.5, 0.6) is 0 Å². The largest absolute Gasteiger partial charge is 0.368 e. The molecule has 0 atom stereocenters. The third-order valence-electron chi connectivity index (χ3n) is 5.54. The van der Waals surface area contributed by atoms with Crippen LogP contribution in [-0.2, 0) is 0 Å². The van der Waals surface area contributed by atoms with Crippen molar-refractivity contribution in [3.8, 4) is 17.2 Å². The molecule has 5 nitrogen and oxygen atoms in total. The maximum atomic E-state index is 12.8. The van der Waals surface area contributed by atoms with Gasteiger partial charge in [-0.1, -0.05) is 35.9 Å². The molecule has 6 heteroatoms. The molecule has 0 unspecified atom stereocenters. The normalized spacial score (nSPS) is 14.2. The molecule has 0 radical (unpaired) electrons.